The molecule has 1 unspecified atom stereocenters. The van der Waals surface area contributed by atoms with Crippen LogP contribution in [0.5, 0.6) is 11.5 Å². The summed E-state index contributed by atoms with van der Waals surface area (Å²) >= 11 is 0. The normalized spacial score (nSPS) is 16.1. The number of sulfone groups is 1. The minimum atomic E-state index is -3.97. The van der Waals surface area contributed by atoms with Gasteiger partial charge in [0.1, 0.15) is 0 Å². The molecule has 0 spiro atoms. The van der Waals surface area contributed by atoms with E-state index >= 15 is 0 Å². The minimum Gasteiger partial charge on any atom is -0.493 e. The lowest BCUT2D eigenvalue weighted by molar-refractivity contribution is -0.136. The Hall–Kier alpha value is -3.53. The fraction of sp³-hybridized carbons (Fsp3) is 0.273. The van der Waals surface area contributed by atoms with Gasteiger partial charge in [-0.3, -0.25) is 0 Å². The van der Waals surface area contributed by atoms with Crippen molar-refractivity contribution in [3.8, 4) is 11.5 Å². The summed E-state index contributed by atoms with van der Waals surface area (Å²) in [6.07, 6.45) is 0. The Bertz CT molecular complexity index is 1170. The molecule has 170 valence electrons. The average molecular weight is 461 g/mol. The molecule has 9 nitrogen and oxygen atoms in total. The first-order chi connectivity index (χ1) is 15.2. The van der Waals surface area contributed by atoms with Crippen LogP contribution in [0.25, 0.3) is 0 Å². The first kappa shape index (κ1) is 23.1. The van der Waals surface area contributed by atoms with Gasteiger partial charge < -0.3 is 24.8 Å². The summed E-state index contributed by atoms with van der Waals surface area (Å²) in [7, 11) is 0.0552. The van der Waals surface area contributed by atoms with Gasteiger partial charge in [-0.15, -0.1) is 0 Å². The second kappa shape index (κ2) is 9.31. The molecule has 3 rings (SSSR count). The van der Waals surface area contributed by atoms with Crippen LogP contribution < -0.4 is 20.1 Å². The number of aryl methyl sites for hydroxylation is 1. The standard InChI is InChI=1S/C22H24N2O7S/c1-13-5-7-14(8-6-13)20-19(21(25)31-4)16(23-22(26)24-20)12-32(27,28)15-9-10-17(29-2)18(11-15)30-3/h5-11,20H,12H2,1-4H3,(H2,23,24,26). The van der Waals surface area contributed by atoms with Crippen LogP contribution in [-0.2, 0) is 19.4 Å². The van der Waals surface area contributed by atoms with Crippen molar-refractivity contribution in [2.45, 2.75) is 17.9 Å². The first-order valence-corrected chi connectivity index (χ1v) is 11.3. The van der Waals surface area contributed by atoms with Crippen LogP contribution in [-0.4, -0.2) is 47.5 Å². The van der Waals surface area contributed by atoms with Crippen LogP contribution in [0.4, 0.5) is 4.79 Å². The molecule has 0 saturated carbocycles. The summed E-state index contributed by atoms with van der Waals surface area (Å²) < 4.78 is 41.6. The van der Waals surface area contributed by atoms with Crippen molar-refractivity contribution in [1.29, 1.82) is 0 Å². The van der Waals surface area contributed by atoms with Crippen LogP contribution >= 0.6 is 0 Å². The van der Waals surface area contributed by atoms with E-state index in [1.807, 2.05) is 19.1 Å². The van der Waals surface area contributed by atoms with Crippen molar-refractivity contribution in [2.24, 2.45) is 0 Å². The maximum Gasteiger partial charge on any atom is 0.338 e. The van der Waals surface area contributed by atoms with Gasteiger partial charge in [0.2, 0.25) is 0 Å². The smallest absolute Gasteiger partial charge is 0.338 e. The van der Waals surface area contributed by atoms with E-state index in [0.717, 1.165) is 5.56 Å². The van der Waals surface area contributed by atoms with E-state index < -0.39 is 33.6 Å². The Balaban J connectivity index is 2.08. The number of methoxy groups -OCH3 is 3. The zero-order chi connectivity index (χ0) is 23.5. The molecule has 0 aliphatic carbocycles. The number of esters is 1. The molecule has 0 saturated heterocycles. The van der Waals surface area contributed by atoms with Crippen molar-refractivity contribution in [3.63, 3.8) is 0 Å². The van der Waals surface area contributed by atoms with Crippen LogP contribution in [0.15, 0.2) is 58.6 Å². The third-order valence-corrected chi connectivity index (χ3v) is 6.66. The lowest BCUT2D eigenvalue weighted by Gasteiger charge is -2.29. The largest absolute Gasteiger partial charge is 0.493 e. The Morgan fingerprint density at radius 2 is 1.66 bits per heavy atom. The second-order valence-corrected chi connectivity index (χ2v) is 9.09. The Kier molecular flexibility index (Phi) is 6.73. The predicted molar refractivity (Wildman–Crippen MR) is 116 cm³/mol. The number of carbonyl (C=O) groups excluding carboxylic acids is 2. The fourth-order valence-corrected chi connectivity index (χ4v) is 4.71. The number of hydrogen-bond acceptors (Lipinski definition) is 7. The van der Waals surface area contributed by atoms with Gasteiger partial charge in [0.05, 0.1) is 43.6 Å². The molecule has 2 amide bonds. The predicted octanol–water partition coefficient (Wildman–Crippen LogP) is 2.27. The highest BCUT2D eigenvalue weighted by atomic mass is 32.2. The van der Waals surface area contributed by atoms with E-state index in [1.54, 1.807) is 12.1 Å². The third-order valence-electron chi connectivity index (χ3n) is 5.02. The van der Waals surface area contributed by atoms with E-state index in [2.05, 4.69) is 10.6 Å². The maximum atomic E-state index is 13.2. The minimum absolute atomic E-state index is 0.0139. The number of ether oxygens (including phenoxy) is 3. The summed E-state index contributed by atoms with van der Waals surface area (Å²) in [6, 6.07) is 9.86. The average Bonchev–Trinajstić information content (AvgIpc) is 2.77. The Labute approximate surface area is 186 Å². The van der Waals surface area contributed by atoms with Gasteiger partial charge >= 0.3 is 12.0 Å². The number of urea groups is 1. The number of hydrogen-bond donors (Lipinski definition) is 2. The highest BCUT2D eigenvalue weighted by molar-refractivity contribution is 7.91. The quantitative estimate of drug-likeness (QED) is 0.608. The molecular weight excluding hydrogens is 436 g/mol. The van der Waals surface area contributed by atoms with Crippen molar-refractivity contribution in [3.05, 3.63) is 64.9 Å². The summed E-state index contributed by atoms with van der Waals surface area (Å²) in [4.78, 5) is 24.9. The zero-order valence-corrected chi connectivity index (χ0v) is 18.9. The Morgan fingerprint density at radius 1 is 1.00 bits per heavy atom. The van der Waals surface area contributed by atoms with Crippen LogP contribution in [0.3, 0.4) is 0 Å². The van der Waals surface area contributed by atoms with E-state index in [4.69, 9.17) is 14.2 Å². The molecule has 2 aromatic rings. The molecule has 10 heteroatoms. The molecule has 2 N–H and O–H groups in total. The lowest BCUT2D eigenvalue weighted by Crippen LogP contribution is -2.47. The topological polar surface area (TPSA) is 120 Å². The number of carbonyl (C=O) groups is 2. The highest BCUT2D eigenvalue weighted by Crippen LogP contribution is 2.32. The maximum absolute atomic E-state index is 13.2. The number of rotatable bonds is 7. The fourth-order valence-electron chi connectivity index (χ4n) is 3.38. The molecule has 32 heavy (non-hydrogen) atoms. The van der Waals surface area contributed by atoms with Crippen molar-refractivity contribution in [1.82, 2.24) is 10.6 Å². The molecule has 1 aliphatic heterocycles. The molecule has 2 aromatic carbocycles. The van der Waals surface area contributed by atoms with Gasteiger partial charge in [0, 0.05) is 11.8 Å². The molecule has 1 heterocycles. The van der Waals surface area contributed by atoms with Gasteiger partial charge in [-0.05, 0) is 24.6 Å². The molecule has 0 bridgehead atoms. The summed E-state index contributed by atoms with van der Waals surface area (Å²) in [5.41, 5.74) is 1.57. The Morgan fingerprint density at radius 3 is 2.25 bits per heavy atom. The lowest BCUT2D eigenvalue weighted by atomic mass is 9.95. The summed E-state index contributed by atoms with van der Waals surface area (Å²) in [6.45, 7) is 1.91. The van der Waals surface area contributed by atoms with E-state index in [1.165, 1.54) is 39.5 Å². The van der Waals surface area contributed by atoms with Gasteiger partial charge in [-0.2, -0.15) is 0 Å². The number of amides is 2. The van der Waals surface area contributed by atoms with Gasteiger partial charge in [-0.1, -0.05) is 29.8 Å². The number of benzene rings is 2. The van der Waals surface area contributed by atoms with Crippen molar-refractivity contribution >= 4 is 21.8 Å². The van der Waals surface area contributed by atoms with Crippen molar-refractivity contribution < 1.29 is 32.2 Å². The van der Waals surface area contributed by atoms with Crippen LogP contribution in [0.1, 0.15) is 17.2 Å². The van der Waals surface area contributed by atoms with E-state index in [-0.39, 0.29) is 21.9 Å². The summed E-state index contributed by atoms with van der Waals surface area (Å²) in [5.74, 6) is -0.762. The molecule has 0 fully saturated rings. The van der Waals surface area contributed by atoms with Crippen LogP contribution in [0.2, 0.25) is 0 Å². The van der Waals surface area contributed by atoms with Gasteiger partial charge in [0.15, 0.2) is 21.3 Å². The highest BCUT2D eigenvalue weighted by Gasteiger charge is 2.35. The molecule has 0 aromatic heterocycles. The second-order valence-electron chi connectivity index (χ2n) is 7.10. The van der Waals surface area contributed by atoms with Gasteiger partial charge in [0.25, 0.3) is 0 Å². The van der Waals surface area contributed by atoms with Gasteiger partial charge in [-0.25, -0.2) is 18.0 Å². The first-order valence-electron chi connectivity index (χ1n) is 9.60. The monoisotopic (exact) mass is 460 g/mol. The van der Waals surface area contributed by atoms with Crippen LogP contribution in [0, 0.1) is 6.92 Å². The molecule has 0 radical (unpaired) electrons. The molecule has 1 aliphatic rings. The van der Waals surface area contributed by atoms with E-state index in [9.17, 15) is 18.0 Å². The molecule has 1 atom stereocenters. The summed E-state index contributed by atoms with van der Waals surface area (Å²) in [5, 5.41) is 5.13. The van der Waals surface area contributed by atoms with E-state index in [0.29, 0.717) is 11.3 Å². The number of nitrogens with one attached hydrogen (secondary N) is 2. The van der Waals surface area contributed by atoms with Crippen molar-refractivity contribution in [2.75, 3.05) is 27.1 Å². The zero-order valence-electron chi connectivity index (χ0n) is 18.1. The molecular formula is C22H24N2O7S. The SMILES string of the molecule is COC(=O)C1=C(CS(=O)(=O)c2ccc(OC)c(OC)c2)NC(=O)NC1c1ccc(C)cc1. The third kappa shape index (κ3) is 4.70.